The molecule has 210 valence electrons. The molecule has 0 unspecified atom stereocenters. The average Bonchev–Trinajstić information content (AvgIpc) is 3.24. The molecule has 3 aliphatic rings. The third kappa shape index (κ3) is 5.57. The van der Waals surface area contributed by atoms with E-state index >= 15 is 0 Å². The Hall–Kier alpha value is -4.02. The second-order valence-electron chi connectivity index (χ2n) is 9.22. The van der Waals surface area contributed by atoms with Crippen LogP contribution in [0.25, 0.3) is 0 Å². The number of ether oxygens (including phenoxy) is 2. The van der Waals surface area contributed by atoms with Crippen LogP contribution in [0.4, 0.5) is 5.69 Å². The number of phenolic OH excluding ortho intramolecular Hbond substituents is 1. The number of hydrogen-bond acceptors (Lipinski definition) is 11. The van der Waals surface area contributed by atoms with Crippen molar-refractivity contribution in [2.24, 2.45) is 0 Å². The Morgan fingerprint density at radius 1 is 1.05 bits per heavy atom. The van der Waals surface area contributed by atoms with Crippen LogP contribution >= 0.6 is 0 Å². The number of fused-ring (bicyclic) bond motifs is 1. The monoisotopic (exact) mass is 551 g/mol. The fraction of sp³-hybridized carbons (Fsp3) is 0.417. The number of carboxylic acids is 3. The molecule has 3 aliphatic heterocycles. The fourth-order valence-electron chi connectivity index (χ4n) is 4.58. The van der Waals surface area contributed by atoms with Crippen molar-refractivity contribution in [2.45, 2.75) is 55.6 Å². The summed E-state index contributed by atoms with van der Waals surface area (Å²) < 4.78 is 12.2. The lowest BCUT2D eigenvalue weighted by Gasteiger charge is -2.39. The normalized spacial score (nSPS) is 32.3. The lowest BCUT2D eigenvalue weighted by Crippen LogP contribution is -2.60. The number of carbonyl (C=O) groups is 3. The summed E-state index contributed by atoms with van der Waals surface area (Å²) in [4.78, 5) is 34.9. The smallest absolute Gasteiger partial charge is 0.373 e. The van der Waals surface area contributed by atoms with E-state index in [0.29, 0.717) is 11.1 Å². The van der Waals surface area contributed by atoms with Gasteiger partial charge in [0.15, 0.2) is 17.7 Å². The van der Waals surface area contributed by atoms with Gasteiger partial charge in [0.05, 0.1) is 19.1 Å². The maximum absolute atomic E-state index is 12.0. The number of nitrogens with one attached hydrogen (secondary N) is 1. The molecule has 1 saturated heterocycles. The van der Waals surface area contributed by atoms with Crippen LogP contribution in [0.3, 0.4) is 0 Å². The number of phenols is 1. The first-order valence-electron chi connectivity index (χ1n) is 11.7. The highest BCUT2D eigenvalue weighted by atomic mass is 16.7. The largest absolute Gasteiger partial charge is 0.504 e. The number of aliphatic carboxylic acids is 3. The van der Waals surface area contributed by atoms with Gasteiger partial charge in [-0.15, -0.1) is 0 Å². The molecular weight excluding hydrogens is 524 g/mol. The van der Waals surface area contributed by atoms with E-state index in [1.54, 1.807) is 0 Å². The third-order valence-electron chi connectivity index (χ3n) is 6.64. The standard InChI is InChI=1S/C24H26N2O13/c27-8-17-18(29)19(30)20(31)24(39-17)38-16-7-13-10(6-15(16)28)5-14(23(36)37)26(13)2-1-9-3-11(21(32)33)25-12(4-9)22(34)35/h1-3,6-7,12,14,17-20,24,27,29-31H,4-5,8H2,(H4,28,32,33,34,35,36,37)/p+1/t12-,14+,17-,18-,19-,20-,24-/m1/s1. The van der Waals surface area contributed by atoms with Gasteiger partial charge in [-0.2, -0.15) is 4.58 Å². The first-order valence-corrected chi connectivity index (χ1v) is 11.7. The molecule has 3 heterocycles. The van der Waals surface area contributed by atoms with Crippen LogP contribution in [0.2, 0.25) is 0 Å². The van der Waals surface area contributed by atoms with Crippen LogP contribution in [-0.2, 0) is 25.5 Å². The van der Waals surface area contributed by atoms with E-state index < -0.39 is 73.1 Å². The van der Waals surface area contributed by atoms with E-state index in [1.165, 1.54) is 35.1 Å². The molecule has 0 amide bonds. The van der Waals surface area contributed by atoms with Gasteiger partial charge in [-0.3, -0.25) is 0 Å². The highest BCUT2D eigenvalue weighted by Crippen LogP contribution is 2.40. The maximum atomic E-state index is 12.0. The molecule has 1 aromatic carbocycles. The SMILES string of the molecule is O=C(O)C1=C/C(=C/C=[N+]2c3cc(O[C@@H]4O[C@H](CO)[C@@H](O)[C@@H](O)[C@H]4O)c(O)cc3C[C@H]2C(=O)O)C[C@H](C(=O)O)N1. The van der Waals surface area contributed by atoms with Gasteiger partial charge in [-0.05, 0) is 17.7 Å². The molecule has 39 heavy (non-hydrogen) atoms. The molecule has 1 aromatic rings. The van der Waals surface area contributed by atoms with Crippen LogP contribution in [0.5, 0.6) is 11.5 Å². The zero-order valence-electron chi connectivity index (χ0n) is 20.1. The van der Waals surface area contributed by atoms with Gasteiger partial charge in [0, 0.05) is 18.1 Å². The van der Waals surface area contributed by atoms with Gasteiger partial charge in [0.2, 0.25) is 12.0 Å². The zero-order valence-corrected chi connectivity index (χ0v) is 20.1. The second kappa shape index (κ2) is 11.0. The predicted octanol–water partition coefficient (Wildman–Crippen LogP) is -2.36. The Labute approximate surface area is 219 Å². The summed E-state index contributed by atoms with van der Waals surface area (Å²) in [5.41, 5.74) is 0.631. The minimum Gasteiger partial charge on any atom is -0.504 e. The summed E-state index contributed by atoms with van der Waals surface area (Å²) in [5.74, 6) is -4.56. The summed E-state index contributed by atoms with van der Waals surface area (Å²) in [6.45, 7) is -0.699. The summed E-state index contributed by atoms with van der Waals surface area (Å²) in [7, 11) is 0. The summed E-state index contributed by atoms with van der Waals surface area (Å²) in [5, 5.41) is 80.9. The van der Waals surface area contributed by atoms with Crippen LogP contribution < -0.4 is 10.1 Å². The Morgan fingerprint density at radius 2 is 1.77 bits per heavy atom. The fourth-order valence-corrected chi connectivity index (χ4v) is 4.58. The number of aliphatic hydroxyl groups is 4. The zero-order chi connectivity index (χ0) is 28.6. The molecule has 0 aromatic heterocycles. The highest BCUT2D eigenvalue weighted by Gasteiger charge is 2.46. The van der Waals surface area contributed by atoms with E-state index in [-0.39, 0.29) is 30.0 Å². The Kier molecular flexibility index (Phi) is 7.89. The molecule has 7 atom stereocenters. The quantitative estimate of drug-likeness (QED) is 0.161. The molecule has 9 N–H and O–H groups in total. The van der Waals surface area contributed by atoms with E-state index in [9.17, 15) is 55.2 Å². The molecule has 15 heteroatoms. The molecular formula is C24H27N2O13+. The lowest BCUT2D eigenvalue weighted by atomic mass is 9.99. The molecule has 0 radical (unpaired) electrons. The van der Waals surface area contributed by atoms with Gasteiger partial charge in [-0.25, -0.2) is 14.4 Å². The van der Waals surface area contributed by atoms with Gasteiger partial charge >= 0.3 is 17.9 Å². The van der Waals surface area contributed by atoms with Gasteiger partial charge in [-0.1, -0.05) is 0 Å². The van der Waals surface area contributed by atoms with E-state index in [4.69, 9.17) is 9.47 Å². The average molecular weight is 551 g/mol. The second-order valence-corrected chi connectivity index (χ2v) is 9.22. The van der Waals surface area contributed by atoms with Crippen molar-refractivity contribution >= 4 is 29.8 Å². The Morgan fingerprint density at radius 3 is 2.38 bits per heavy atom. The molecule has 4 rings (SSSR count). The molecule has 1 fully saturated rings. The van der Waals surface area contributed by atoms with E-state index in [1.807, 2.05) is 0 Å². The summed E-state index contributed by atoms with van der Waals surface area (Å²) >= 11 is 0. The summed E-state index contributed by atoms with van der Waals surface area (Å²) in [6, 6.07) is 0.167. The van der Waals surface area contributed by atoms with Crippen LogP contribution in [0.1, 0.15) is 12.0 Å². The van der Waals surface area contributed by atoms with Crippen molar-refractivity contribution in [3.8, 4) is 11.5 Å². The molecule has 0 bridgehead atoms. The van der Waals surface area contributed by atoms with Gasteiger partial charge in [0.25, 0.3) is 6.04 Å². The molecule has 15 nitrogen and oxygen atoms in total. The van der Waals surface area contributed by atoms with Crippen LogP contribution in [0.15, 0.2) is 35.6 Å². The van der Waals surface area contributed by atoms with E-state index in [2.05, 4.69) is 5.32 Å². The van der Waals surface area contributed by atoms with E-state index in [0.717, 1.165) is 0 Å². The van der Waals surface area contributed by atoms with Crippen molar-refractivity contribution in [3.63, 3.8) is 0 Å². The number of rotatable bonds is 7. The minimum atomic E-state index is -1.76. The van der Waals surface area contributed by atoms with Crippen molar-refractivity contribution in [1.29, 1.82) is 0 Å². The number of nitrogens with zero attached hydrogens (tertiary/aromatic N) is 1. The number of aromatic hydroxyl groups is 1. The first kappa shape index (κ1) is 28.0. The van der Waals surface area contributed by atoms with Crippen molar-refractivity contribution < 1.29 is 69.3 Å². The van der Waals surface area contributed by atoms with Crippen LogP contribution in [0, 0.1) is 0 Å². The highest BCUT2D eigenvalue weighted by molar-refractivity contribution is 5.89. The number of hydrogen-bond donors (Lipinski definition) is 9. The lowest BCUT2D eigenvalue weighted by molar-refractivity contribution is -0.456. The molecule has 0 aliphatic carbocycles. The number of allylic oxidation sites excluding steroid dienone is 2. The molecule has 0 spiro atoms. The van der Waals surface area contributed by atoms with Crippen LogP contribution in [-0.4, -0.2) is 119 Å². The first-order chi connectivity index (χ1) is 18.4. The van der Waals surface area contributed by atoms with Gasteiger partial charge in [0.1, 0.15) is 36.2 Å². The topological polar surface area (TPSA) is 247 Å². The number of carboxylic acid groups (broad SMARTS) is 3. The Balaban J connectivity index is 1.69. The number of benzene rings is 1. The maximum Gasteiger partial charge on any atom is 0.373 e. The van der Waals surface area contributed by atoms with Gasteiger partial charge < -0.3 is 55.6 Å². The summed E-state index contributed by atoms with van der Waals surface area (Å²) in [6.07, 6.45) is -4.14. The third-order valence-corrected chi connectivity index (χ3v) is 6.64. The predicted molar refractivity (Wildman–Crippen MR) is 127 cm³/mol. The van der Waals surface area contributed by atoms with Crippen molar-refractivity contribution in [1.82, 2.24) is 5.32 Å². The minimum absolute atomic E-state index is 0.0340. The van der Waals surface area contributed by atoms with Crippen molar-refractivity contribution in [3.05, 3.63) is 41.1 Å². The van der Waals surface area contributed by atoms with Crippen molar-refractivity contribution in [2.75, 3.05) is 6.61 Å². The Bertz CT molecular complexity index is 1270. The number of aliphatic hydroxyl groups excluding tert-OH is 4. The molecule has 0 saturated carbocycles.